The first-order valence-corrected chi connectivity index (χ1v) is 13.8. The van der Waals surface area contributed by atoms with Crippen LogP contribution in [-0.4, -0.2) is 80.1 Å². The lowest BCUT2D eigenvalue weighted by molar-refractivity contribution is -0.143. The van der Waals surface area contributed by atoms with Gasteiger partial charge in [0.1, 0.15) is 11.9 Å². The lowest BCUT2D eigenvalue weighted by atomic mass is 10.0. The van der Waals surface area contributed by atoms with Gasteiger partial charge in [0.25, 0.3) is 0 Å². The zero-order valence-corrected chi connectivity index (χ0v) is 23.4. The Kier molecular flexibility index (Phi) is 9.87. The van der Waals surface area contributed by atoms with E-state index in [4.69, 9.17) is 27.9 Å². The summed E-state index contributed by atoms with van der Waals surface area (Å²) in [5.41, 5.74) is 2.22. The summed E-state index contributed by atoms with van der Waals surface area (Å²) in [6, 6.07) is 9.80. The number of rotatable bonds is 10. The number of carbonyl (C=O) groups is 2. The van der Waals surface area contributed by atoms with Crippen molar-refractivity contribution in [3.05, 3.63) is 63.4 Å². The van der Waals surface area contributed by atoms with Gasteiger partial charge in [0, 0.05) is 86.6 Å². The van der Waals surface area contributed by atoms with E-state index in [1.54, 1.807) is 30.2 Å². The molecular formula is C28H35Cl2FN4O3. The fraction of sp³-hybridized carbons (Fsp3) is 0.500. The molecule has 0 saturated carbocycles. The predicted octanol–water partition coefficient (Wildman–Crippen LogP) is 4.14. The molecule has 2 saturated heterocycles. The van der Waals surface area contributed by atoms with Crippen LogP contribution >= 0.6 is 23.2 Å². The van der Waals surface area contributed by atoms with Crippen LogP contribution in [0.3, 0.4) is 0 Å². The average molecular weight is 566 g/mol. The van der Waals surface area contributed by atoms with Crippen LogP contribution in [0, 0.1) is 5.82 Å². The highest BCUT2D eigenvalue weighted by atomic mass is 35.5. The van der Waals surface area contributed by atoms with Gasteiger partial charge in [0.05, 0.1) is 6.61 Å². The van der Waals surface area contributed by atoms with Crippen molar-refractivity contribution in [2.45, 2.75) is 44.8 Å². The van der Waals surface area contributed by atoms with E-state index in [1.165, 1.54) is 6.07 Å². The number of nitrogens with zero attached hydrogens (tertiary/aromatic N) is 3. The number of hydrogen-bond acceptors (Lipinski definition) is 5. The molecule has 2 aliphatic rings. The quantitative estimate of drug-likeness (QED) is 0.470. The molecule has 2 aromatic carbocycles. The molecule has 2 heterocycles. The van der Waals surface area contributed by atoms with Crippen molar-refractivity contribution in [1.82, 2.24) is 15.1 Å². The highest BCUT2D eigenvalue weighted by Crippen LogP contribution is 2.28. The van der Waals surface area contributed by atoms with Crippen molar-refractivity contribution in [3.8, 4) is 0 Å². The number of benzene rings is 2. The van der Waals surface area contributed by atoms with Gasteiger partial charge in [-0.15, -0.1) is 0 Å². The molecule has 0 aromatic heterocycles. The molecule has 2 aliphatic heterocycles. The zero-order chi connectivity index (χ0) is 27.2. The van der Waals surface area contributed by atoms with Gasteiger partial charge < -0.3 is 24.8 Å². The lowest BCUT2D eigenvalue weighted by Gasteiger charge is -2.40. The second-order valence-corrected chi connectivity index (χ2v) is 10.8. The third kappa shape index (κ3) is 6.78. The summed E-state index contributed by atoms with van der Waals surface area (Å²) < 4.78 is 20.0. The Morgan fingerprint density at radius 1 is 1.13 bits per heavy atom. The van der Waals surface area contributed by atoms with E-state index in [2.05, 4.69) is 10.2 Å². The molecule has 206 valence electrons. The van der Waals surface area contributed by atoms with Crippen LogP contribution in [0.4, 0.5) is 10.1 Å². The maximum absolute atomic E-state index is 14.8. The molecule has 2 atom stereocenters. The standard InChI is InChI=1S/C28H35Cl2FN4O3/c1-19(18-38-2)32-17-22-24(31)5-3-6-25(22)33-11-13-34(14-12-33)28(37)26(35-10-4-7-27(35)36)15-20-8-9-21(29)16-23(20)30/h3,5-6,8-9,16,19,26,32H,4,7,10-15,17-18H2,1-2H3. The molecule has 1 N–H and O–H groups in total. The fourth-order valence-corrected chi connectivity index (χ4v) is 5.69. The van der Waals surface area contributed by atoms with Crippen molar-refractivity contribution in [2.24, 2.45) is 0 Å². The molecule has 0 radical (unpaired) electrons. The van der Waals surface area contributed by atoms with Gasteiger partial charge in [-0.2, -0.15) is 0 Å². The van der Waals surface area contributed by atoms with Crippen LogP contribution in [0.2, 0.25) is 10.0 Å². The average Bonchev–Trinajstić information content (AvgIpc) is 3.32. The van der Waals surface area contributed by atoms with Gasteiger partial charge in [-0.1, -0.05) is 35.3 Å². The minimum atomic E-state index is -0.619. The first-order chi connectivity index (χ1) is 18.3. The van der Waals surface area contributed by atoms with Gasteiger partial charge >= 0.3 is 0 Å². The second kappa shape index (κ2) is 13.1. The number of amides is 2. The Balaban J connectivity index is 1.46. The molecule has 0 bridgehead atoms. The van der Waals surface area contributed by atoms with Gasteiger partial charge in [0.2, 0.25) is 11.8 Å². The Labute approximate surface area is 233 Å². The van der Waals surface area contributed by atoms with Crippen LogP contribution in [-0.2, 0) is 27.3 Å². The van der Waals surface area contributed by atoms with Crippen LogP contribution in [0.15, 0.2) is 36.4 Å². The summed E-state index contributed by atoms with van der Waals surface area (Å²) in [5.74, 6) is -0.349. The normalized spacial score (nSPS) is 17.7. The van der Waals surface area contributed by atoms with Gasteiger partial charge in [0.15, 0.2) is 0 Å². The predicted molar refractivity (Wildman–Crippen MR) is 148 cm³/mol. The summed E-state index contributed by atoms with van der Waals surface area (Å²) in [5, 5.41) is 4.32. The molecule has 38 heavy (non-hydrogen) atoms. The van der Waals surface area contributed by atoms with E-state index in [9.17, 15) is 14.0 Å². The molecule has 2 unspecified atom stereocenters. The largest absolute Gasteiger partial charge is 0.383 e. The molecule has 0 spiro atoms. The molecule has 0 aliphatic carbocycles. The molecule has 2 fully saturated rings. The third-order valence-electron chi connectivity index (χ3n) is 7.27. The Hall–Kier alpha value is -2.39. The van der Waals surface area contributed by atoms with Crippen molar-refractivity contribution in [1.29, 1.82) is 0 Å². The first kappa shape index (κ1) is 28.6. The van der Waals surface area contributed by atoms with Crippen molar-refractivity contribution in [3.63, 3.8) is 0 Å². The number of anilines is 1. The van der Waals surface area contributed by atoms with Crippen LogP contribution < -0.4 is 10.2 Å². The third-order valence-corrected chi connectivity index (χ3v) is 7.86. The smallest absolute Gasteiger partial charge is 0.245 e. The summed E-state index contributed by atoms with van der Waals surface area (Å²) in [6.07, 6.45) is 1.52. The molecule has 2 amide bonds. The Morgan fingerprint density at radius 2 is 1.89 bits per heavy atom. The molecular weight excluding hydrogens is 530 g/mol. The highest BCUT2D eigenvalue weighted by Gasteiger charge is 2.37. The highest BCUT2D eigenvalue weighted by molar-refractivity contribution is 6.35. The topological polar surface area (TPSA) is 65.1 Å². The van der Waals surface area contributed by atoms with Gasteiger partial charge in [-0.3, -0.25) is 9.59 Å². The van der Waals surface area contributed by atoms with Crippen LogP contribution in [0.5, 0.6) is 0 Å². The Morgan fingerprint density at radius 3 is 2.55 bits per heavy atom. The van der Waals surface area contributed by atoms with Crippen molar-refractivity contribution >= 4 is 40.7 Å². The molecule has 4 rings (SSSR count). The van der Waals surface area contributed by atoms with Gasteiger partial charge in [-0.25, -0.2) is 4.39 Å². The maximum Gasteiger partial charge on any atom is 0.245 e. The minimum Gasteiger partial charge on any atom is -0.383 e. The lowest BCUT2D eigenvalue weighted by Crippen LogP contribution is -2.56. The number of halogens is 3. The van der Waals surface area contributed by atoms with Crippen LogP contribution in [0.25, 0.3) is 0 Å². The van der Waals surface area contributed by atoms with E-state index in [1.807, 2.05) is 24.0 Å². The number of likely N-dealkylation sites (tertiary alicyclic amines) is 1. The summed E-state index contributed by atoms with van der Waals surface area (Å²) in [7, 11) is 1.64. The number of ether oxygens (including phenoxy) is 1. The van der Waals surface area contributed by atoms with E-state index >= 15 is 0 Å². The number of piperazine rings is 1. The first-order valence-electron chi connectivity index (χ1n) is 13.0. The van der Waals surface area contributed by atoms with E-state index < -0.39 is 6.04 Å². The SMILES string of the molecule is COCC(C)NCc1c(F)cccc1N1CCN(C(=O)C(Cc2ccc(Cl)cc2Cl)N2CCCC2=O)CC1. The fourth-order valence-electron chi connectivity index (χ4n) is 5.21. The maximum atomic E-state index is 14.8. The second-order valence-electron chi connectivity index (χ2n) is 9.93. The monoisotopic (exact) mass is 564 g/mol. The summed E-state index contributed by atoms with van der Waals surface area (Å²) in [6.45, 7) is 5.56. The summed E-state index contributed by atoms with van der Waals surface area (Å²) >= 11 is 12.5. The van der Waals surface area contributed by atoms with Gasteiger partial charge in [-0.05, 0) is 43.2 Å². The molecule has 7 nitrogen and oxygen atoms in total. The van der Waals surface area contributed by atoms with E-state index in [-0.39, 0.29) is 23.7 Å². The molecule has 2 aromatic rings. The number of methoxy groups -OCH3 is 1. The van der Waals surface area contributed by atoms with Crippen molar-refractivity contribution in [2.75, 3.05) is 51.3 Å². The Bertz CT molecular complexity index is 1140. The number of hydrogen-bond donors (Lipinski definition) is 1. The van der Waals surface area contributed by atoms with E-state index in [0.717, 1.165) is 17.7 Å². The molecule has 10 heteroatoms. The summed E-state index contributed by atoms with van der Waals surface area (Å²) in [4.78, 5) is 32.0. The zero-order valence-electron chi connectivity index (χ0n) is 21.9. The number of nitrogens with one attached hydrogen (secondary N) is 1. The number of carbonyl (C=O) groups excluding carboxylic acids is 2. The minimum absolute atomic E-state index is 0.00771. The van der Waals surface area contributed by atoms with E-state index in [0.29, 0.717) is 74.3 Å². The van der Waals surface area contributed by atoms with Crippen molar-refractivity contribution < 1.29 is 18.7 Å². The van der Waals surface area contributed by atoms with Crippen LogP contribution in [0.1, 0.15) is 30.9 Å².